The molecule has 0 aromatic carbocycles. The van der Waals surface area contributed by atoms with E-state index in [4.69, 9.17) is 5.53 Å². The van der Waals surface area contributed by atoms with E-state index in [1.807, 2.05) is 13.0 Å². The first-order valence-electron chi connectivity index (χ1n) is 5.05. The minimum atomic E-state index is -0.181. The summed E-state index contributed by atoms with van der Waals surface area (Å²) in [5, 5.41) is 0. The summed E-state index contributed by atoms with van der Waals surface area (Å²) in [7, 11) is 0. The Balaban J connectivity index is 3.94. The summed E-state index contributed by atoms with van der Waals surface area (Å²) in [6.07, 6.45) is 7.27. The van der Waals surface area contributed by atoms with Crippen molar-refractivity contribution >= 4 is 12.0 Å². The maximum absolute atomic E-state index is 11.0. The van der Waals surface area contributed by atoms with Crippen LogP contribution in [0.5, 0.6) is 0 Å². The van der Waals surface area contributed by atoms with Crippen molar-refractivity contribution in [2.24, 2.45) is 0 Å². The van der Waals surface area contributed by atoms with Gasteiger partial charge in [-0.05, 0) is 33.6 Å². The lowest BCUT2D eigenvalue weighted by Crippen LogP contribution is -1.97. The van der Waals surface area contributed by atoms with Gasteiger partial charge in [-0.3, -0.25) is 4.79 Å². The van der Waals surface area contributed by atoms with Crippen molar-refractivity contribution in [1.29, 1.82) is 0 Å². The van der Waals surface area contributed by atoms with Gasteiger partial charge >= 0.3 is 6.21 Å². The van der Waals surface area contributed by atoms with Gasteiger partial charge in [0.25, 0.3) is 0 Å². The number of carbonyl (C=O) groups is 1. The molecule has 15 heavy (non-hydrogen) atoms. The SMILES string of the molecule is CC(C)=CCC/C(C)=C/CC(=O)C=[N+]=[N-]. The van der Waals surface area contributed by atoms with Gasteiger partial charge < -0.3 is 5.53 Å². The molecule has 0 N–H and O–H groups in total. The second-order valence-electron chi connectivity index (χ2n) is 3.79. The van der Waals surface area contributed by atoms with Crippen LogP contribution in [0.25, 0.3) is 5.53 Å². The van der Waals surface area contributed by atoms with Crippen molar-refractivity contribution in [3.05, 3.63) is 28.8 Å². The fraction of sp³-hybridized carbons (Fsp3) is 0.500. The molecular weight excluding hydrogens is 188 g/mol. The molecule has 0 aliphatic carbocycles. The van der Waals surface area contributed by atoms with Crippen LogP contribution in [-0.4, -0.2) is 16.8 Å². The molecule has 0 aliphatic rings. The molecule has 0 radical (unpaired) electrons. The quantitative estimate of drug-likeness (QED) is 0.285. The van der Waals surface area contributed by atoms with Gasteiger partial charge in [0, 0.05) is 6.42 Å². The molecule has 0 spiro atoms. The Bertz CT molecular complexity index is 317. The highest BCUT2D eigenvalue weighted by molar-refractivity contribution is 6.25. The number of Topliss-reactive ketones (excluding diaryl/α,β-unsaturated/α-hetero) is 1. The van der Waals surface area contributed by atoms with E-state index in [9.17, 15) is 4.79 Å². The van der Waals surface area contributed by atoms with Crippen LogP contribution in [0.15, 0.2) is 23.3 Å². The predicted octanol–water partition coefficient (Wildman–Crippen LogP) is 2.94. The van der Waals surface area contributed by atoms with Crippen molar-refractivity contribution in [3.63, 3.8) is 0 Å². The summed E-state index contributed by atoms with van der Waals surface area (Å²) < 4.78 is 0. The van der Waals surface area contributed by atoms with Crippen LogP contribution in [0.4, 0.5) is 0 Å². The average Bonchev–Trinajstić information content (AvgIpc) is 2.14. The van der Waals surface area contributed by atoms with Crippen LogP contribution >= 0.6 is 0 Å². The molecule has 0 heterocycles. The molecule has 0 aromatic heterocycles. The third-order valence-electron chi connectivity index (χ3n) is 1.94. The maximum atomic E-state index is 11.0. The van der Waals surface area contributed by atoms with E-state index in [2.05, 4.69) is 24.7 Å². The molecule has 3 nitrogen and oxygen atoms in total. The van der Waals surface area contributed by atoms with Gasteiger partial charge in [0.1, 0.15) is 0 Å². The van der Waals surface area contributed by atoms with E-state index in [1.54, 1.807) is 0 Å². The maximum Gasteiger partial charge on any atom is 0.323 e. The monoisotopic (exact) mass is 206 g/mol. The molecule has 0 aliphatic heterocycles. The van der Waals surface area contributed by atoms with Crippen LogP contribution in [0.1, 0.15) is 40.0 Å². The van der Waals surface area contributed by atoms with Crippen LogP contribution in [0.3, 0.4) is 0 Å². The van der Waals surface area contributed by atoms with E-state index in [1.165, 1.54) is 11.1 Å². The smallest absolute Gasteiger partial charge is 0.323 e. The van der Waals surface area contributed by atoms with Gasteiger partial charge in [-0.2, -0.15) is 4.79 Å². The van der Waals surface area contributed by atoms with Gasteiger partial charge in [0.05, 0.1) is 0 Å². The topological polar surface area (TPSA) is 53.5 Å². The minimum Gasteiger partial charge on any atom is -0.361 e. The fourth-order valence-corrected chi connectivity index (χ4v) is 1.08. The molecule has 3 heteroatoms. The highest BCUT2D eigenvalue weighted by atomic mass is 16.1. The summed E-state index contributed by atoms with van der Waals surface area (Å²) in [5.74, 6) is -0.181. The number of allylic oxidation sites excluding steroid dienone is 4. The summed E-state index contributed by atoms with van der Waals surface area (Å²) in [6.45, 7) is 6.14. The van der Waals surface area contributed by atoms with Crippen LogP contribution in [0, 0.1) is 0 Å². The molecule has 0 amide bonds. The van der Waals surface area contributed by atoms with Crippen LogP contribution < -0.4 is 0 Å². The zero-order chi connectivity index (χ0) is 11.7. The van der Waals surface area contributed by atoms with E-state index in [0.29, 0.717) is 6.42 Å². The Labute approximate surface area is 91.1 Å². The van der Waals surface area contributed by atoms with Crippen molar-refractivity contribution in [2.75, 3.05) is 0 Å². The van der Waals surface area contributed by atoms with Gasteiger partial charge in [-0.25, -0.2) is 0 Å². The van der Waals surface area contributed by atoms with Crippen molar-refractivity contribution in [1.82, 2.24) is 0 Å². The largest absolute Gasteiger partial charge is 0.361 e. The minimum absolute atomic E-state index is 0.181. The first kappa shape index (κ1) is 13.5. The lowest BCUT2D eigenvalue weighted by atomic mass is 10.1. The Kier molecular flexibility index (Phi) is 7.12. The molecule has 0 saturated carbocycles. The number of carbonyl (C=O) groups excluding carboxylic acids is 1. The normalized spacial score (nSPS) is 10.5. The average molecular weight is 206 g/mol. The predicted molar refractivity (Wildman–Crippen MR) is 61.7 cm³/mol. The van der Waals surface area contributed by atoms with E-state index < -0.39 is 0 Å². The number of nitrogens with zero attached hydrogens (tertiary/aromatic N) is 2. The van der Waals surface area contributed by atoms with Gasteiger partial charge in [0.15, 0.2) is 0 Å². The molecule has 0 unspecified atom stereocenters. The van der Waals surface area contributed by atoms with Crippen molar-refractivity contribution < 1.29 is 9.58 Å². The lowest BCUT2D eigenvalue weighted by Gasteiger charge is -1.97. The number of hydrogen-bond acceptors (Lipinski definition) is 1. The standard InChI is InChI=1S/C12H18N2O/c1-10(2)5-4-6-11(3)7-8-12(15)9-14-13/h5,7,9H,4,6,8H2,1-3H3/b11-7+. The molecule has 0 rings (SSSR count). The molecule has 0 bridgehead atoms. The van der Waals surface area contributed by atoms with E-state index in [0.717, 1.165) is 19.1 Å². The van der Waals surface area contributed by atoms with E-state index >= 15 is 0 Å². The van der Waals surface area contributed by atoms with Gasteiger partial charge in [-0.1, -0.05) is 23.3 Å². The molecule has 0 saturated heterocycles. The lowest BCUT2D eigenvalue weighted by molar-refractivity contribution is -0.115. The first-order valence-corrected chi connectivity index (χ1v) is 5.05. The second kappa shape index (κ2) is 7.89. The summed E-state index contributed by atoms with van der Waals surface area (Å²) in [6, 6.07) is 0. The Morgan fingerprint density at radius 2 is 1.93 bits per heavy atom. The van der Waals surface area contributed by atoms with Gasteiger partial charge in [-0.15, -0.1) is 0 Å². The molecule has 0 atom stereocenters. The van der Waals surface area contributed by atoms with Gasteiger partial charge in [0.2, 0.25) is 5.78 Å². The molecule has 0 aromatic rings. The summed E-state index contributed by atoms with van der Waals surface area (Å²) in [5.41, 5.74) is 10.6. The third-order valence-corrected chi connectivity index (χ3v) is 1.94. The highest BCUT2D eigenvalue weighted by Crippen LogP contribution is 2.07. The van der Waals surface area contributed by atoms with Crippen LogP contribution in [-0.2, 0) is 4.79 Å². The van der Waals surface area contributed by atoms with Crippen LogP contribution in [0.2, 0.25) is 0 Å². The van der Waals surface area contributed by atoms with E-state index in [-0.39, 0.29) is 5.78 Å². The highest BCUT2D eigenvalue weighted by Gasteiger charge is 1.99. The number of hydrogen-bond donors (Lipinski definition) is 0. The molecule has 0 fully saturated rings. The Morgan fingerprint density at radius 1 is 1.27 bits per heavy atom. The Morgan fingerprint density at radius 3 is 2.47 bits per heavy atom. The van der Waals surface area contributed by atoms with Crippen molar-refractivity contribution in [2.45, 2.75) is 40.0 Å². The summed E-state index contributed by atoms with van der Waals surface area (Å²) >= 11 is 0. The zero-order valence-electron chi connectivity index (χ0n) is 9.66. The fourth-order valence-electron chi connectivity index (χ4n) is 1.08. The zero-order valence-corrected chi connectivity index (χ0v) is 9.66. The number of ketones is 1. The second-order valence-corrected chi connectivity index (χ2v) is 3.79. The Hall–Kier alpha value is -1.47. The molecular formula is C12H18N2O. The number of rotatable bonds is 6. The molecule has 82 valence electrons. The van der Waals surface area contributed by atoms with Crippen molar-refractivity contribution in [3.8, 4) is 0 Å². The first-order chi connectivity index (χ1) is 7.06. The third kappa shape index (κ3) is 8.85. The summed E-state index contributed by atoms with van der Waals surface area (Å²) in [4.78, 5) is 13.6.